The van der Waals surface area contributed by atoms with E-state index >= 15 is 0 Å². The Morgan fingerprint density at radius 1 is 1.36 bits per heavy atom. The summed E-state index contributed by atoms with van der Waals surface area (Å²) in [6.45, 7) is 3.31. The fourth-order valence-electron chi connectivity index (χ4n) is 4.31. The van der Waals surface area contributed by atoms with Crippen molar-refractivity contribution in [3.8, 4) is 0 Å². The number of hydrogen-bond donors (Lipinski definition) is 2. The van der Waals surface area contributed by atoms with Gasteiger partial charge in [-0.3, -0.25) is 4.79 Å². The van der Waals surface area contributed by atoms with Gasteiger partial charge in [-0.25, -0.2) is 4.98 Å². The Hall–Kier alpha value is -1.92. The second-order valence-electron chi connectivity index (χ2n) is 7.31. The summed E-state index contributed by atoms with van der Waals surface area (Å²) in [5.41, 5.74) is 7.86. The van der Waals surface area contributed by atoms with E-state index in [-0.39, 0.29) is 5.91 Å². The van der Waals surface area contributed by atoms with Gasteiger partial charge in [-0.1, -0.05) is 0 Å². The Kier molecular flexibility index (Phi) is 4.48. The van der Waals surface area contributed by atoms with Gasteiger partial charge in [-0.2, -0.15) is 0 Å². The molecule has 2 aromatic rings. The average molecular weight is 342 g/mol. The summed E-state index contributed by atoms with van der Waals surface area (Å²) in [5.74, 6) is 0.711. The highest BCUT2D eigenvalue weighted by atomic mass is 16.5. The van der Waals surface area contributed by atoms with E-state index in [0.717, 1.165) is 44.4 Å². The number of nitrogens with one attached hydrogen (secondary N) is 1. The molecule has 0 atom stereocenters. The molecule has 4 rings (SSSR count). The zero-order chi connectivity index (χ0) is 17.3. The number of carbonyl (C=O) groups excluding carboxylic acids is 1. The SMILES string of the molecule is NCC1(C(=O)N2CCC(c3c[nH]c4ncccc34)CC2)CCOCC1. The third kappa shape index (κ3) is 2.93. The lowest BCUT2D eigenvalue weighted by atomic mass is 9.78. The van der Waals surface area contributed by atoms with Crippen molar-refractivity contribution in [3.63, 3.8) is 0 Å². The van der Waals surface area contributed by atoms with Crippen molar-refractivity contribution in [2.45, 2.75) is 31.6 Å². The molecule has 25 heavy (non-hydrogen) atoms. The first-order valence-corrected chi connectivity index (χ1v) is 9.23. The largest absolute Gasteiger partial charge is 0.381 e. The lowest BCUT2D eigenvalue weighted by Gasteiger charge is -2.41. The van der Waals surface area contributed by atoms with Crippen molar-refractivity contribution >= 4 is 16.9 Å². The number of fused-ring (bicyclic) bond motifs is 1. The van der Waals surface area contributed by atoms with Gasteiger partial charge in [-0.15, -0.1) is 0 Å². The van der Waals surface area contributed by atoms with Crippen LogP contribution in [0.1, 0.15) is 37.2 Å². The second-order valence-corrected chi connectivity index (χ2v) is 7.31. The van der Waals surface area contributed by atoms with Crippen LogP contribution in [0.15, 0.2) is 24.5 Å². The summed E-state index contributed by atoms with van der Waals surface area (Å²) >= 11 is 0. The van der Waals surface area contributed by atoms with Crippen molar-refractivity contribution in [2.75, 3.05) is 32.8 Å². The lowest BCUT2D eigenvalue weighted by Crippen LogP contribution is -2.52. The molecule has 0 aromatic carbocycles. The van der Waals surface area contributed by atoms with E-state index in [1.165, 1.54) is 10.9 Å². The Balaban J connectivity index is 1.45. The van der Waals surface area contributed by atoms with Crippen LogP contribution in [0, 0.1) is 5.41 Å². The molecular weight excluding hydrogens is 316 g/mol. The third-order valence-electron chi connectivity index (χ3n) is 6.00. The van der Waals surface area contributed by atoms with Crippen LogP contribution in [-0.2, 0) is 9.53 Å². The molecule has 0 radical (unpaired) electrons. The van der Waals surface area contributed by atoms with Crippen LogP contribution in [0.2, 0.25) is 0 Å². The number of nitrogens with zero attached hydrogens (tertiary/aromatic N) is 2. The van der Waals surface area contributed by atoms with Gasteiger partial charge in [-0.05, 0) is 49.3 Å². The van der Waals surface area contributed by atoms with Crippen molar-refractivity contribution in [1.82, 2.24) is 14.9 Å². The van der Waals surface area contributed by atoms with E-state index in [1.807, 2.05) is 17.2 Å². The molecule has 3 N–H and O–H groups in total. The van der Waals surface area contributed by atoms with Gasteiger partial charge in [0.15, 0.2) is 0 Å². The number of aromatic nitrogens is 2. The maximum Gasteiger partial charge on any atom is 0.230 e. The Morgan fingerprint density at radius 2 is 2.12 bits per heavy atom. The summed E-state index contributed by atoms with van der Waals surface area (Å²) < 4.78 is 5.44. The molecule has 0 saturated carbocycles. The molecule has 4 heterocycles. The van der Waals surface area contributed by atoms with Crippen LogP contribution in [0.4, 0.5) is 0 Å². The van der Waals surface area contributed by atoms with E-state index in [2.05, 4.69) is 22.2 Å². The highest BCUT2D eigenvalue weighted by molar-refractivity contribution is 5.83. The number of amides is 1. The average Bonchev–Trinajstić information content (AvgIpc) is 3.12. The maximum atomic E-state index is 13.1. The number of piperidine rings is 1. The van der Waals surface area contributed by atoms with Crippen LogP contribution in [-0.4, -0.2) is 53.6 Å². The number of nitrogens with two attached hydrogens (primary N) is 1. The zero-order valence-electron chi connectivity index (χ0n) is 14.5. The zero-order valence-corrected chi connectivity index (χ0v) is 14.5. The highest BCUT2D eigenvalue weighted by Gasteiger charge is 2.42. The molecule has 6 heteroatoms. The van der Waals surface area contributed by atoms with Crippen molar-refractivity contribution in [2.24, 2.45) is 11.1 Å². The maximum absolute atomic E-state index is 13.1. The van der Waals surface area contributed by atoms with Crippen molar-refractivity contribution < 1.29 is 9.53 Å². The molecular formula is C19H26N4O2. The van der Waals surface area contributed by atoms with Crippen molar-refractivity contribution in [3.05, 3.63) is 30.1 Å². The number of ether oxygens (including phenoxy) is 1. The predicted molar refractivity (Wildman–Crippen MR) is 96.2 cm³/mol. The molecule has 2 fully saturated rings. The van der Waals surface area contributed by atoms with Gasteiger partial charge in [0.05, 0.1) is 5.41 Å². The molecule has 0 spiro atoms. The minimum absolute atomic E-state index is 0.234. The van der Waals surface area contributed by atoms with Crippen molar-refractivity contribution in [1.29, 1.82) is 0 Å². The first kappa shape index (κ1) is 16.5. The number of pyridine rings is 1. The van der Waals surface area contributed by atoms with E-state index in [9.17, 15) is 4.79 Å². The summed E-state index contributed by atoms with van der Waals surface area (Å²) in [7, 11) is 0. The van der Waals surface area contributed by atoms with Gasteiger partial charge in [0, 0.05) is 50.6 Å². The Morgan fingerprint density at radius 3 is 2.84 bits per heavy atom. The number of rotatable bonds is 3. The number of hydrogen-bond acceptors (Lipinski definition) is 4. The predicted octanol–water partition coefficient (Wildman–Crippen LogP) is 2.02. The number of H-pyrrole nitrogens is 1. The second kappa shape index (κ2) is 6.77. The van der Waals surface area contributed by atoms with E-state index in [1.54, 1.807) is 0 Å². The first-order valence-electron chi connectivity index (χ1n) is 9.23. The number of likely N-dealkylation sites (tertiary alicyclic amines) is 1. The molecule has 0 unspecified atom stereocenters. The molecule has 134 valence electrons. The van der Waals surface area contributed by atoms with Gasteiger partial charge in [0.1, 0.15) is 5.65 Å². The molecule has 1 amide bonds. The highest BCUT2D eigenvalue weighted by Crippen LogP contribution is 2.36. The Labute approximate surface area is 147 Å². The topological polar surface area (TPSA) is 84.2 Å². The first-order chi connectivity index (χ1) is 12.2. The molecule has 2 aliphatic rings. The molecule has 2 saturated heterocycles. The number of aromatic amines is 1. The fourth-order valence-corrected chi connectivity index (χ4v) is 4.31. The molecule has 0 bridgehead atoms. The summed E-state index contributed by atoms with van der Waals surface area (Å²) in [6, 6.07) is 4.10. The van der Waals surface area contributed by atoms with Crippen LogP contribution in [0.3, 0.4) is 0 Å². The summed E-state index contributed by atoms with van der Waals surface area (Å²) in [6.07, 6.45) is 7.37. The standard InChI is InChI=1S/C19H26N4O2/c20-13-19(5-10-25-11-6-19)18(24)23-8-3-14(4-9-23)16-12-22-17-15(16)2-1-7-21-17/h1-2,7,12,14H,3-6,8-11,13,20H2,(H,21,22). The number of carbonyl (C=O) groups is 1. The fraction of sp³-hybridized carbons (Fsp3) is 0.579. The van der Waals surface area contributed by atoms with E-state index < -0.39 is 5.41 Å². The normalized spacial score (nSPS) is 21.6. The summed E-state index contributed by atoms with van der Waals surface area (Å²) in [4.78, 5) is 22.8. The van der Waals surface area contributed by atoms with Crippen LogP contribution in [0.25, 0.3) is 11.0 Å². The third-order valence-corrected chi connectivity index (χ3v) is 6.00. The van der Waals surface area contributed by atoms with E-state index in [4.69, 9.17) is 10.5 Å². The quantitative estimate of drug-likeness (QED) is 0.894. The van der Waals surface area contributed by atoms with Gasteiger partial charge < -0.3 is 20.4 Å². The molecule has 6 nitrogen and oxygen atoms in total. The van der Waals surface area contributed by atoms with Crippen LogP contribution < -0.4 is 5.73 Å². The van der Waals surface area contributed by atoms with Gasteiger partial charge in [0.2, 0.25) is 5.91 Å². The minimum Gasteiger partial charge on any atom is -0.381 e. The van der Waals surface area contributed by atoms with Crippen LogP contribution >= 0.6 is 0 Å². The van der Waals surface area contributed by atoms with E-state index in [0.29, 0.717) is 25.7 Å². The molecule has 2 aromatic heterocycles. The smallest absolute Gasteiger partial charge is 0.230 e. The molecule has 0 aliphatic carbocycles. The lowest BCUT2D eigenvalue weighted by molar-refractivity contribution is -0.148. The van der Waals surface area contributed by atoms with Crippen LogP contribution in [0.5, 0.6) is 0 Å². The monoisotopic (exact) mass is 342 g/mol. The summed E-state index contributed by atoms with van der Waals surface area (Å²) in [5, 5.41) is 1.20. The Bertz CT molecular complexity index is 743. The van der Waals surface area contributed by atoms with Gasteiger partial charge in [0.25, 0.3) is 0 Å². The molecule has 2 aliphatic heterocycles. The van der Waals surface area contributed by atoms with Gasteiger partial charge >= 0.3 is 0 Å². The minimum atomic E-state index is -0.407.